The van der Waals surface area contributed by atoms with Gasteiger partial charge in [0.2, 0.25) is 0 Å². The highest BCUT2D eigenvalue weighted by molar-refractivity contribution is 6.33. The molecular formula is C15H12Cl2FNO2. The van der Waals surface area contributed by atoms with E-state index in [1.165, 1.54) is 6.07 Å². The monoisotopic (exact) mass is 327 g/mol. The van der Waals surface area contributed by atoms with Crippen LogP contribution < -0.4 is 14.8 Å². The molecular weight excluding hydrogens is 316 g/mol. The second-order valence-electron chi connectivity index (χ2n) is 4.54. The Labute approximate surface area is 131 Å². The number of anilines is 1. The molecule has 2 aromatic rings. The molecule has 0 spiro atoms. The summed E-state index contributed by atoms with van der Waals surface area (Å²) in [5.74, 6) is 0.811. The third-order valence-electron chi connectivity index (χ3n) is 3.13. The summed E-state index contributed by atoms with van der Waals surface area (Å²) in [4.78, 5) is 0. The Morgan fingerprint density at radius 1 is 1.05 bits per heavy atom. The SMILES string of the molecule is Fc1c(Cl)cccc1CNc1cc2c(cc1Cl)OCCO2. The lowest BCUT2D eigenvalue weighted by Gasteiger charge is -2.20. The van der Waals surface area contributed by atoms with Crippen LogP contribution in [0.4, 0.5) is 10.1 Å². The highest BCUT2D eigenvalue weighted by Gasteiger charge is 2.15. The van der Waals surface area contributed by atoms with E-state index >= 15 is 0 Å². The normalized spacial score (nSPS) is 13.1. The Kier molecular flexibility index (Phi) is 4.08. The number of hydrogen-bond acceptors (Lipinski definition) is 3. The fourth-order valence-corrected chi connectivity index (χ4v) is 2.49. The third kappa shape index (κ3) is 3.01. The lowest BCUT2D eigenvalue weighted by molar-refractivity contribution is 0.171. The molecule has 1 aliphatic heterocycles. The lowest BCUT2D eigenvalue weighted by atomic mass is 10.2. The first-order valence-electron chi connectivity index (χ1n) is 6.41. The first-order valence-corrected chi connectivity index (χ1v) is 7.16. The molecule has 2 aromatic carbocycles. The molecule has 21 heavy (non-hydrogen) atoms. The molecule has 0 saturated heterocycles. The highest BCUT2D eigenvalue weighted by atomic mass is 35.5. The molecule has 0 amide bonds. The molecule has 1 N–H and O–H groups in total. The molecule has 0 aromatic heterocycles. The average Bonchev–Trinajstić information content (AvgIpc) is 2.49. The van der Waals surface area contributed by atoms with Gasteiger partial charge in [0.05, 0.1) is 15.7 Å². The van der Waals surface area contributed by atoms with Gasteiger partial charge in [-0.2, -0.15) is 0 Å². The van der Waals surface area contributed by atoms with Crippen molar-refractivity contribution in [3.63, 3.8) is 0 Å². The topological polar surface area (TPSA) is 30.5 Å². The molecule has 110 valence electrons. The van der Waals surface area contributed by atoms with Crippen LogP contribution in [0, 0.1) is 5.82 Å². The number of hydrogen-bond donors (Lipinski definition) is 1. The van der Waals surface area contributed by atoms with Crippen molar-refractivity contribution in [3.05, 3.63) is 51.8 Å². The zero-order valence-electron chi connectivity index (χ0n) is 11.0. The van der Waals surface area contributed by atoms with Gasteiger partial charge in [-0.05, 0) is 6.07 Å². The molecule has 0 bridgehead atoms. The zero-order chi connectivity index (χ0) is 14.8. The van der Waals surface area contributed by atoms with Gasteiger partial charge in [-0.1, -0.05) is 35.3 Å². The summed E-state index contributed by atoms with van der Waals surface area (Å²) in [6.07, 6.45) is 0. The molecule has 0 fully saturated rings. The molecule has 3 rings (SSSR count). The van der Waals surface area contributed by atoms with Crippen LogP contribution in [0.5, 0.6) is 11.5 Å². The van der Waals surface area contributed by atoms with Crippen molar-refractivity contribution < 1.29 is 13.9 Å². The molecule has 1 heterocycles. The van der Waals surface area contributed by atoms with Crippen LogP contribution in [0.1, 0.15) is 5.56 Å². The van der Waals surface area contributed by atoms with E-state index < -0.39 is 5.82 Å². The average molecular weight is 328 g/mol. The summed E-state index contributed by atoms with van der Waals surface area (Å²) in [7, 11) is 0. The smallest absolute Gasteiger partial charge is 0.163 e. The van der Waals surface area contributed by atoms with Crippen molar-refractivity contribution in [1.29, 1.82) is 0 Å². The van der Waals surface area contributed by atoms with Crippen LogP contribution in [0.2, 0.25) is 10.0 Å². The summed E-state index contributed by atoms with van der Waals surface area (Å²) in [5.41, 5.74) is 1.12. The number of fused-ring (bicyclic) bond motifs is 1. The fourth-order valence-electron chi connectivity index (χ4n) is 2.07. The van der Waals surface area contributed by atoms with Crippen molar-refractivity contribution in [2.24, 2.45) is 0 Å². The van der Waals surface area contributed by atoms with E-state index in [1.54, 1.807) is 24.3 Å². The van der Waals surface area contributed by atoms with E-state index in [-0.39, 0.29) is 11.6 Å². The zero-order valence-corrected chi connectivity index (χ0v) is 12.5. The number of rotatable bonds is 3. The van der Waals surface area contributed by atoms with Crippen molar-refractivity contribution >= 4 is 28.9 Å². The quantitative estimate of drug-likeness (QED) is 0.899. The molecule has 3 nitrogen and oxygen atoms in total. The van der Waals surface area contributed by atoms with Gasteiger partial charge >= 0.3 is 0 Å². The van der Waals surface area contributed by atoms with E-state index in [1.807, 2.05) is 0 Å². The highest BCUT2D eigenvalue weighted by Crippen LogP contribution is 2.38. The predicted molar refractivity (Wildman–Crippen MR) is 81.2 cm³/mol. The number of halogens is 3. The van der Waals surface area contributed by atoms with Crippen LogP contribution in [-0.2, 0) is 6.54 Å². The Morgan fingerprint density at radius 3 is 2.52 bits per heavy atom. The minimum Gasteiger partial charge on any atom is -0.486 e. The predicted octanol–water partition coefficient (Wildman–Crippen LogP) is 4.52. The van der Waals surface area contributed by atoms with E-state index in [2.05, 4.69) is 5.32 Å². The van der Waals surface area contributed by atoms with Crippen LogP contribution in [0.15, 0.2) is 30.3 Å². The molecule has 0 radical (unpaired) electrons. The number of nitrogens with one attached hydrogen (secondary N) is 1. The van der Waals surface area contributed by atoms with E-state index in [0.29, 0.717) is 41.0 Å². The van der Waals surface area contributed by atoms with Gasteiger partial charge in [-0.3, -0.25) is 0 Å². The minimum atomic E-state index is -0.430. The summed E-state index contributed by atoms with van der Waals surface area (Å²) < 4.78 is 24.8. The summed E-state index contributed by atoms with van der Waals surface area (Å²) in [6.45, 7) is 1.27. The fraction of sp³-hybridized carbons (Fsp3) is 0.200. The molecule has 0 unspecified atom stereocenters. The van der Waals surface area contributed by atoms with Crippen LogP contribution in [0.3, 0.4) is 0 Å². The third-order valence-corrected chi connectivity index (χ3v) is 3.74. The van der Waals surface area contributed by atoms with Crippen LogP contribution in [0.25, 0.3) is 0 Å². The summed E-state index contributed by atoms with van der Waals surface area (Å²) in [6, 6.07) is 8.32. The lowest BCUT2D eigenvalue weighted by Crippen LogP contribution is -2.15. The van der Waals surface area contributed by atoms with E-state index in [9.17, 15) is 4.39 Å². The second kappa shape index (κ2) is 6.00. The van der Waals surface area contributed by atoms with Crippen molar-refractivity contribution in [2.45, 2.75) is 6.54 Å². The van der Waals surface area contributed by atoms with Gasteiger partial charge in [-0.15, -0.1) is 0 Å². The Hall–Kier alpha value is -1.65. The first kappa shape index (κ1) is 14.3. The maximum absolute atomic E-state index is 13.8. The maximum Gasteiger partial charge on any atom is 0.163 e. The van der Waals surface area contributed by atoms with Crippen LogP contribution >= 0.6 is 23.2 Å². The molecule has 6 heteroatoms. The molecule has 0 atom stereocenters. The molecule has 0 aliphatic carbocycles. The first-order chi connectivity index (χ1) is 10.1. The van der Waals surface area contributed by atoms with Gasteiger partial charge in [0.15, 0.2) is 11.5 Å². The summed E-state index contributed by atoms with van der Waals surface area (Å²) >= 11 is 11.9. The number of benzene rings is 2. The van der Waals surface area contributed by atoms with Gasteiger partial charge in [0.1, 0.15) is 19.0 Å². The van der Waals surface area contributed by atoms with Crippen molar-refractivity contribution in [2.75, 3.05) is 18.5 Å². The maximum atomic E-state index is 13.8. The standard InChI is InChI=1S/C15H12Cl2FNO2/c16-10-3-1-2-9(15(10)18)8-19-12-7-14-13(6-11(12)17)20-4-5-21-14/h1-3,6-7,19H,4-5,8H2. The Bertz CT molecular complexity index is 679. The van der Waals surface area contributed by atoms with Crippen molar-refractivity contribution in [1.82, 2.24) is 0 Å². The Balaban J connectivity index is 1.80. The second-order valence-corrected chi connectivity index (χ2v) is 5.36. The summed E-state index contributed by atoms with van der Waals surface area (Å²) in [5, 5.41) is 3.67. The largest absolute Gasteiger partial charge is 0.486 e. The van der Waals surface area contributed by atoms with Gasteiger partial charge in [0, 0.05) is 24.2 Å². The Morgan fingerprint density at radius 2 is 1.76 bits per heavy atom. The van der Waals surface area contributed by atoms with Gasteiger partial charge < -0.3 is 14.8 Å². The molecule has 0 saturated carbocycles. The van der Waals surface area contributed by atoms with E-state index in [0.717, 1.165) is 0 Å². The minimum absolute atomic E-state index is 0.0996. The van der Waals surface area contributed by atoms with Crippen molar-refractivity contribution in [3.8, 4) is 11.5 Å². The van der Waals surface area contributed by atoms with Gasteiger partial charge in [-0.25, -0.2) is 4.39 Å². The van der Waals surface area contributed by atoms with Crippen LogP contribution in [-0.4, -0.2) is 13.2 Å². The number of ether oxygens (including phenoxy) is 2. The molecule has 1 aliphatic rings. The van der Waals surface area contributed by atoms with E-state index in [4.69, 9.17) is 32.7 Å². The van der Waals surface area contributed by atoms with Gasteiger partial charge in [0.25, 0.3) is 0 Å².